The largest absolute Gasteiger partial charge is 0.378 e. The van der Waals surface area contributed by atoms with Gasteiger partial charge in [0.1, 0.15) is 0 Å². The smallest absolute Gasteiger partial charge is 0.350 e. The molecule has 0 bridgehead atoms. The Morgan fingerprint density at radius 3 is 2.45 bits per heavy atom. The number of alkyl halides is 2. The minimum atomic E-state index is -3.49. The summed E-state index contributed by atoms with van der Waals surface area (Å²) < 4.78 is 34.1. The summed E-state index contributed by atoms with van der Waals surface area (Å²) in [6.45, 7) is 4.75. The number of hydrogen-bond acceptors (Lipinski definition) is 2. The van der Waals surface area contributed by atoms with Crippen molar-refractivity contribution in [3.63, 3.8) is 0 Å². The number of ether oxygens (including phenoxy) is 1. The fourth-order valence-corrected chi connectivity index (χ4v) is 2.37. The molecule has 0 N–H and O–H groups in total. The Morgan fingerprint density at radius 1 is 1.25 bits per heavy atom. The van der Waals surface area contributed by atoms with Gasteiger partial charge in [0.15, 0.2) is 0 Å². The van der Waals surface area contributed by atoms with Crippen LogP contribution in [0.25, 0.3) is 0 Å². The van der Waals surface area contributed by atoms with E-state index < -0.39 is 11.8 Å². The minimum Gasteiger partial charge on any atom is -0.378 e. The van der Waals surface area contributed by atoms with Gasteiger partial charge in [0, 0.05) is 18.7 Å². The van der Waals surface area contributed by atoms with Crippen LogP contribution in [0.3, 0.4) is 0 Å². The van der Waals surface area contributed by atoms with Crippen molar-refractivity contribution >= 4 is 5.91 Å². The Kier molecular flexibility index (Phi) is 4.38. The second-order valence-electron chi connectivity index (χ2n) is 5.22. The van der Waals surface area contributed by atoms with Gasteiger partial charge in [-0.05, 0) is 11.5 Å². The zero-order chi connectivity index (χ0) is 14.8. The molecule has 1 aliphatic rings. The van der Waals surface area contributed by atoms with Crippen molar-refractivity contribution in [1.29, 1.82) is 0 Å². The van der Waals surface area contributed by atoms with Crippen molar-refractivity contribution in [1.82, 2.24) is 4.90 Å². The molecule has 1 fully saturated rings. The van der Waals surface area contributed by atoms with Crippen LogP contribution in [0.1, 0.15) is 30.9 Å². The number of morpholine rings is 1. The molecule has 110 valence electrons. The zero-order valence-corrected chi connectivity index (χ0v) is 11.7. The summed E-state index contributed by atoms with van der Waals surface area (Å²) in [5, 5.41) is 0. The van der Waals surface area contributed by atoms with Crippen LogP contribution < -0.4 is 0 Å². The number of carbonyl (C=O) groups excluding carboxylic acids is 1. The van der Waals surface area contributed by atoms with Gasteiger partial charge >= 0.3 is 5.92 Å². The molecule has 1 aliphatic heterocycles. The maximum Gasteiger partial charge on any atom is 0.350 e. The van der Waals surface area contributed by atoms with Gasteiger partial charge in [0.25, 0.3) is 5.91 Å². The molecule has 5 heteroatoms. The molecule has 0 saturated carbocycles. The van der Waals surface area contributed by atoms with Crippen molar-refractivity contribution in [2.24, 2.45) is 0 Å². The fraction of sp³-hybridized carbons (Fsp3) is 0.533. The number of amides is 1. The van der Waals surface area contributed by atoms with E-state index in [9.17, 15) is 13.6 Å². The first-order valence-corrected chi connectivity index (χ1v) is 6.79. The summed E-state index contributed by atoms with van der Waals surface area (Å²) in [7, 11) is 0. The lowest BCUT2D eigenvalue weighted by molar-refractivity contribution is -0.163. The molecule has 0 unspecified atom stereocenters. The summed E-state index contributed by atoms with van der Waals surface area (Å²) in [6, 6.07) is 6.25. The van der Waals surface area contributed by atoms with Gasteiger partial charge < -0.3 is 9.64 Å². The van der Waals surface area contributed by atoms with Gasteiger partial charge in [-0.1, -0.05) is 38.1 Å². The van der Waals surface area contributed by atoms with E-state index in [0.717, 1.165) is 0 Å². The van der Waals surface area contributed by atoms with E-state index in [-0.39, 0.29) is 24.6 Å². The third kappa shape index (κ3) is 2.82. The molecular formula is C15H19F2NO2. The number of rotatable bonds is 3. The Morgan fingerprint density at radius 2 is 1.85 bits per heavy atom. The van der Waals surface area contributed by atoms with E-state index in [2.05, 4.69) is 0 Å². The van der Waals surface area contributed by atoms with Gasteiger partial charge in [-0.25, -0.2) is 0 Å². The third-order valence-electron chi connectivity index (χ3n) is 3.49. The van der Waals surface area contributed by atoms with Crippen LogP contribution in [0.15, 0.2) is 24.3 Å². The van der Waals surface area contributed by atoms with Gasteiger partial charge in [0.05, 0.1) is 13.2 Å². The van der Waals surface area contributed by atoms with Crippen molar-refractivity contribution in [2.45, 2.75) is 25.7 Å². The van der Waals surface area contributed by atoms with E-state index in [1.807, 2.05) is 13.8 Å². The molecule has 1 saturated heterocycles. The predicted octanol–water partition coefficient (Wildman–Crippen LogP) is 2.76. The SMILES string of the molecule is CC(C)c1ccccc1C(F)(F)C(=O)N1CCOCC1. The Bertz CT molecular complexity index is 483. The monoisotopic (exact) mass is 283 g/mol. The molecule has 0 spiro atoms. The second kappa shape index (κ2) is 5.87. The van der Waals surface area contributed by atoms with Crippen LogP contribution >= 0.6 is 0 Å². The fourth-order valence-electron chi connectivity index (χ4n) is 2.37. The molecule has 1 aromatic rings. The highest BCUT2D eigenvalue weighted by atomic mass is 19.3. The van der Waals surface area contributed by atoms with Crippen LogP contribution in [0.4, 0.5) is 8.78 Å². The number of benzene rings is 1. The standard InChI is InChI=1S/C15H19F2NO2/c1-11(2)12-5-3-4-6-13(12)15(16,17)14(19)18-7-9-20-10-8-18/h3-6,11H,7-10H2,1-2H3. The zero-order valence-electron chi connectivity index (χ0n) is 11.7. The molecule has 1 aromatic carbocycles. The number of carbonyl (C=O) groups is 1. The van der Waals surface area contributed by atoms with Crippen LogP contribution in [-0.2, 0) is 15.5 Å². The highest BCUT2D eigenvalue weighted by molar-refractivity contribution is 5.85. The highest BCUT2D eigenvalue weighted by Crippen LogP contribution is 2.35. The molecular weight excluding hydrogens is 264 g/mol. The van der Waals surface area contributed by atoms with Gasteiger partial charge in [0.2, 0.25) is 0 Å². The summed E-state index contributed by atoms with van der Waals surface area (Å²) in [5.74, 6) is -4.68. The van der Waals surface area contributed by atoms with E-state index >= 15 is 0 Å². The van der Waals surface area contributed by atoms with Crippen molar-refractivity contribution in [3.8, 4) is 0 Å². The quantitative estimate of drug-likeness (QED) is 0.853. The minimum absolute atomic E-state index is 0.0606. The topological polar surface area (TPSA) is 29.5 Å². The van der Waals surface area contributed by atoms with Gasteiger partial charge in [-0.3, -0.25) is 4.79 Å². The van der Waals surface area contributed by atoms with Gasteiger partial charge in [-0.15, -0.1) is 0 Å². The molecule has 20 heavy (non-hydrogen) atoms. The maximum absolute atomic E-state index is 14.5. The van der Waals surface area contributed by atoms with Crippen LogP contribution in [-0.4, -0.2) is 37.1 Å². The molecule has 3 nitrogen and oxygen atoms in total. The van der Waals surface area contributed by atoms with Crippen molar-refractivity contribution in [2.75, 3.05) is 26.3 Å². The number of hydrogen-bond donors (Lipinski definition) is 0. The van der Waals surface area contributed by atoms with Crippen LogP contribution in [0.2, 0.25) is 0 Å². The molecule has 2 rings (SSSR count). The van der Waals surface area contributed by atoms with E-state index in [1.165, 1.54) is 11.0 Å². The first kappa shape index (κ1) is 14.9. The van der Waals surface area contributed by atoms with E-state index in [4.69, 9.17) is 4.74 Å². The lowest BCUT2D eigenvalue weighted by Crippen LogP contribution is -2.47. The summed E-state index contributed by atoms with van der Waals surface area (Å²) in [4.78, 5) is 13.3. The lowest BCUT2D eigenvalue weighted by atomic mass is 9.93. The number of nitrogens with zero attached hydrogens (tertiary/aromatic N) is 1. The number of halogens is 2. The molecule has 1 heterocycles. The second-order valence-corrected chi connectivity index (χ2v) is 5.22. The summed E-state index contributed by atoms with van der Waals surface area (Å²) >= 11 is 0. The van der Waals surface area contributed by atoms with Crippen molar-refractivity contribution in [3.05, 3.63) is 35.4 Å². The van der Waals surface area contributed by atoms with Crippen LogP contribution in [0.5, 0.6) is 0 Å². The molecule has 0 atom stereocenters. The normalized spacial score (nSPS) is 16.6. The van der Waals surface area contributed by atoms with Gasteiger partial charge in [-0.2, -0.15) is 8.78 Å². The Hall–Kier alpha value is -1.49. The third-order valence-corrected chi connectivity index (χ3v) is 3.49. The first-order chi connectivity index (χ1) is 9.44. The molecule has 0 aromatic heterocycles. The average molecular weight is 283 g/mol. The average Bonchev–Trinajstić information content (AvgIpc) is 2.47. The van der Waals surface area contributed by atoms with E-state index in [0.29, 0.717) is 18.8 Å². The highest BCUT2D eigenvalue weighted by Gasteiger charge is 2.45. The maximum atomic E-state index is 14.5. The summed E-state index contributed by atoms with van der Waals surface area (Å²) in [5.41, 5.74) is 0.325. The van der Waals surface area contributed by atoms with Crippen molar-refractivity contribution < 1.29 is 18.3 Å². The molecule has 0 radical (unpaired) electrons. The van der Waals surface area contributed by atoms with Crippen LogP contribution in [0, 0.1) is 0 Å². The predicted molar refractivity (Wildman–Crippen MR) is 71.8 cm³/mol. The first-order valence-electron chi connectivity index (χ1n) is 6.79. The molecule has 0 aliphatic carbocycles. The molecule has 1 amide bonds. The Balaban J connectivity index is 2.31. The Labute approximate surface area is 117 Å². The lowest BCUT2D eigenvalue weighted by Gasteiger charge is -2.31. The summed E-state index contributed by atoms with van der Waals surface area (Å²) in [6.07, 6.45) is 0. The van der Waals surface area contributed by atoms with E-state index in [1.54, 1.807) is 18.2 Å².